The monoisotopic (exact) mass is 411 g/mol. The summed E-state index contributed by atoms with van der Waals surface area (Å²) in [7, 11) is 0. The second kappa shape index (κ2) is 8.32. The summed E-state index contributed by atoms with van der Waals surface area (Å²) in [5, 5.41) is 11.6. The molecule has 0 radical (unpaired) electrons. The molecule has 2 N–H and O–H groups in total. The lowest BCUT2D eigenvalue weighted by Gasteiger charge is -2.36. The molecule has 0 saturated carbocycles. The molecule has 1 atom stereocenters. The molecule has 0 spiro atoms. The van der Waals surface area contributed by atoms with E-state index in [1.54, 1.807) is 0 Å². The van der Waals surface area contributed by atoms with Crippen molar-refractivity contribution in [3.05, 3.63) is 83.6 Å². The minimum atomic E-state index is 0.0384. The fourth-order valence-electron chi connectivity index (χ4n) is 4.35. The van der Waals surface area contributed by atoms with Crippen LogP contribution in [0.25, 0.3) is 22.3 Å². The van der Waals surface area contributed by atoms with Crippen molar-refractivity contribution < 1.29 is 4.79 Å². The van der Waals surface area contributed by atoms with Gasteiger partial charge >= 0.3 is 0 Å². The summed E-state index contributed by atoms with van der Waals surface area (Å²) >= 11 is 0. The van der Waals surface area contributed by atoms with E-state index in [1.165, 1.54) is 5.56 Å². The molecule has 1 fully saturated rings. The van der Waals surface area contributed by atoms with Gasteiger partial charge in [-0.1, -0.05) is 60.7 Å². The zero-order chi connectivity index (χ0) is 21.2. The zero-order valence-electron chi connectivity index (χ0n) is 17.5. The molecule has 5 rings (SSSR count). The first kappa shape index (κ1) is 19.5. The van der Waals surface area contributed by atoms with Gasteiger partial charge < -0.3 is 10.2 Å². The summed E-state index contributed by atoms with van der Waals surface area (Å²) in [5.74, 6) is 0.0384. The summed E-state index contributed by atoms with van der Waals surface area (Å²) in [6, 6.07) is 22.3. The number of aromatic nitrogens is 3. The number of aryl methyl sites for hydroxylation is 1. The number of fused-ring (bicyclic) bond motifs is 1. The first-order chi connectivity index (χ1) is 15.2. The molecule has 6 nitrogen and oxygen atoms in total. The molecule has 1 unspecified atom stereocenters. The van der Waals surface area contributed by atoms with Crippen molar-refractivity contribution in [3.63, 3.8) is 0 Å². The van der Waals surface area contributed by atoms with Crippen LogP contribution in [0, 0.1) is 6.92 Å². The molecule has 1 saturated heterocycles. The number of nitrogens with zero attached hydrogens (tertiary/aromatic N) is 3. The molecule has 1 aliphatic rings. The van der Waals surface area contributed by atoms with Crippen LogP contribution in [-0.4, -0.2) is 51.7 Å². The van der Waals surface area contributed by atoms with Gasteiger partial charge in [-0.3, -0.25) is 9.89 Å². The Kier molecular flexibility index (Phi) is 5.22. The maximum atomic E-state index is 13.9. The van der Waals surface area contributed by atoms with Crippen molar-refractivity contribution in [1.82, 2.24) is 25.4 Å². The Bertz CT molecular complexity index is 1200. The quantitative estimate of drug-likeness (QED) is 0.538. The van der Waals surface area contributed by atoms with E-state index in [0.717, 1.165) is 41.8 Å². The molecule has 4 aromatic rings. The number of aromatic amines is 1. The Balaban J connectivity index is 1.55. The van der Waals surface area contributed by atoms with E-state index in [2.05, 4.69) is 27.6 Å². The number of carbonyl (C=O) groups excluding carboxylic acids is 1. The summed E-state index contributed by atoms with van der Waals surface area (Å²) in [6.45, 7) is 4.19. The fourth-order valence-corrected chi connectivity index (χ4v) is 4.35. The lowest BCUT2D eigenvalue weighted by molar-refractivity contribution is 0.0638. The SMILES string of the molecule is Cc1[nH]nc2nc(-c3ccccc3)cc(C(=O)N3CCNCC3Cc3ccccc3)c12. The zero-order valence-corrected chi connectivity index (χ0v) is 17.5. The van der Waals surface area contributed by atoms with Crippen LogP contribution in [0.2, 0.25) is 0 Å². The third-order valence-corrected chi connectivity index (χ3v) is 5.93. The number of piperazine rings is 1. The normalized spacial score (nSPS) is 16.5. The van der Waals surface area contributed by atoms with Gasteiger partial charge in [-0.2, -0.15) is 5.10 Å². The van der Waals surface area contributed by atoms with Crippen LogP contribution in [0.4, 0.5) is 0 Å². The number of nitrogens with one attached hydrogen (secondary N) is 2. The first-order valence-corrected chi connectivity index (χ1v) is 10.7. The average molecular weight is 412 g/mol. The third kappa shape index (κ3) is 3.82. The van der Waals surface area contributed by atoms with Gasteiger partial charge in [-0.25, -0.2) is 4.98 Å². The maximum Gasteiger partial charge on any atom is 0.255 e. The van der Waals surface area contributed by atoms with E-state index in [-0.39, 0.29) is 11.9 Å². The van der Waals surface area contributed by atoms with Gasteiger partial charge in [0.1, 0.15) is 0 Å². The average Bonchev–Trinajstić information content (AvgIpc) is 3.20. The van der Waals surface area contributed by atoms with Crippen LogP contribution >= 0.6 is 0 Å². The van der Waals surface area contributed by atoms with Gasteiger partial charge in [-0.05, 0) is 25.0 Å². The molecule has 0 aliphatic carbocycles. The van der Waals surface area contributed by atoms with Gasteiger partial charge in [0.25, 0.3) is 5.91 Å². The fraction of sp³-hybridized carbons (Fsp3) is 0.240. The molecule has 156 valence electrons. The van der Waals surface area contributed by atoms with Gasteiger partial charge in [0, 0.05) is 36.9 Å². The van der Waals surface area contributed by atoms with Crippen molar-refractivity contribution in [2.75, 3.05) is 19.6 Å². The third-order valence-electron chi connectivity index (χ3n) is 5.93. The highest BCUT2D eigenvalue weighted by Gasteiger charge is 2.30. The van der Waals surface area contributed by atoms with Crippen LogP contribution in [-0.2, 0) is 6.42 Å². The highest BCUT2D eigenvalue weighted by Crippen LogP contribution is 2.27. The molecule has 6 heteroatoms. The minimum Gasteiger partial charge on any atom is -0.333 e. The molecular formula is C25H25N5O. The summed E-state index contributed by atoms with van der Waals surface area (Å²) < 4.78 is 0. The molecule has 0 bridgehead atoms. The van der Waals surface area contributed by atoms with Crippen molar-refractivity contribution >= 4 is 16.9 Å². The number of carbonyl (C=O) groups is 1. The largest absolute Gasteiger partial charge is 0.333 e. The Morgan fingerprint density at radius 3 is 2.61 bits per heavy atom. The number of amides is 1. The van der Waals surface area contributed by atoms with E-state index < -0.39 is 0 Å². The smallest absolute Gasteiger partial charge is 0.255 e. The lowest BCUT2D eigenvalue weighted by Crippen LogP contribution is -2.54. The van der Waals surface area contributed by atoms with E-state index >= 15 is 0 Å². The summed E-state index contributed by atoms with van der Waals surface area (Å²) in [6.07, 6.45) is 0.823. The van der Waals surface area contributed by atoms with Crippen molar-refractivity contribution in [1.29, 1.82) is 0 Å². The van der Waals surface area contributed by atoms with Gasteiger partial charge in [-0.15, -0.1) is 0 Å². The van der Waals surface area contributed by atoms with Crippen molar-refractivity contribution in [2.45, 2.75) is 19.4 Å². The molecule has 1 aliphatic heterocycles. The number of pyridine rings is 1. The Hall–Kier alpha value is -3.51. The molecule has 31 heavy (non-hydrogen) atoms. The van der Waals surface area contributed by atoms with Crippen molar-refractivity contribution in [2.24, 2.45) is 0 Å². The van der Waals surface area contributed by atoms with Crippen molar-refractivity contribution in [3.8, 4) is 11.3 Å². The molecule has 1 amide bonds. The summed E-state index contributed by atoms with van der Waals surface area (Å²) in [5.41, 5.74) is 5.07. The highest BCUT2D eigenvalue weighted by atomic mass is 16.2. The number of hydrogen-bond donors (Lipinski definition) is 2. The minimum absolute atomic E-state index is 0.0384. The first-order valence-electron chi connectivity index (χ1n) is 10.7. The van der Waals surface area contributed by atoms with Gasteiger partial charge in [0.15, 0.2) is 5.65 Å². The van der Waals surface area contributed by atoms with E-state index in [1.807, 2.05) is 66.4 Å². The van der Waals surface area contributed by atoms with Crippen LogP contribution < -0.4 is 5.32 Å². The number of H-pyrrole nitrogens is 1. The standard InChI is InChI=1S/C25H25N5O/c1-17-23-21(15-22(27-24(23)29-28-17)19-10-6-3-7-11-19)25(31)30-13-12-26-16-20(30)14-18-8-4-2-5-9-18/h2-11,15,20,26H,12-14,16H2,1H3,(H,27,28,29). The predicted octanol–water partition coefficient (Wildman–Crippen LogP) is 3.59. The van der Waals surface area contributed by atoms with Crippen LogP contribution in [0.15, 0.2) is 66.7 Å². The Morgan fingerprint density at radius 2 is 1.84 bits per heavy atom. The highest BCUT2D eigenvalue weighted by molar-refractivity contribution is 6.07. The predicted molar refractivity (Wildman–Crippen MR) is 122 cm³/mol. The number of benzene rings is 2. The molecule has 2 aromatic heterocycles. The maximum absolute atomic E-state index is 13.9. The number of rotatable bonds is 4. The Labute approximate surface area is 181 Å². The van der Waals surface area contributed by atoms with Crippen LogP contribution in [0.5, 0.6) is 0 Å². The molecular weight excluding hydrogens is 386 g/mol. The summed E-state index contributed by atoms with van der Waals surface area (Å²) in [4.78, 5) is 20.6. The second-order valence-electron chi connectivity index (χ2n) is 8.01. The van der Waals surface area contributed by atoms with Crippen LogP contribution in [0.3, 0.4) is 0 Å². The molecule has 3 heterocycles. The van der Waals surface area contributed by atoms with Gasteiger partial charge in [0.05, 0.1) is 16.6 Å². The van der Waals surface area contributed by atoms with E-state index in [4.69, 9.17) is 4.98 Å². The number of hydrogen-bond acceptors (Lipinski definition) is 4. The lowest BCUT2D eigenvalue weighted by atomic mass is 10.00. The van der Waals surface area contributed by atoms with E-state index in [9.17, 15) is 4.79 Å². The molecule has 2 aromatic carbocycles. The van der Waals surface area contributed by atoms with E-state index in [0.29, 0.717) is 17.8 Å². The second-order valence-corrected chi connectivity index (χ2v) is 8.01. The van der Waals surface area contributed by atoms with Gasteiger partial charge in [0.2, 0.25) is 0 Å². The topological polar surface area (TPSA) is 73.9 Å². The Morgan fingerprint density at radius 1 is 1.10 bits per heavy atom. The van der Waals surface area contributed by atoms with Crippen LogP contribution in [0.1, 0.15) is 21.6 Å².